The number of likely N-dealkylation sites (tertiary alicyclic amines) is 1. The first-order valence-electron chi connectivity index (χ1n) is 6.86. The number of benzene rings is 1. The van der Waals surface area contributed by atoms with Crippen molar-refractivity contribution in [3.63, 3.8) is 0 Å². The Bertz CT molecular complexity index is 664. The van der Waals surface area contributed by atoms with Gasteiger partial charge in [-0.2, -0.15) is 13.2 Å². The molecule has 1 fully saturated rings. The number of hydrogen-bond acceptors (Lipinski definition) is 3. The number of nitrogens with zero attached hydrogens (tertiary/aromatic N) is 2. The van der Waals surface area contributed by atoms with Gasteiger partial charge in [-0.15, -0.1) is 0 Å². The van der Waals surface area contributed by atoms with Gasteiger partial charge in [-0.05, 0) is 12.1 Å². The van der Waals surface area contributed by atoms with E-state index in [4.69, 9.17) is 5.73 Å². The number of nitrogens with one attached hydrogen (secondary N) is 1. The Balaban J connectivity index is 1.77. The number of carbonyl (C=O) groups excluding carboxylic acids is 1. The molecule has 118 valence electrons. The van der Waals surface area contributed by atoms with Crippen molar-refractivity contribution in [2.24, 2.45) is 17.6 Å². The van der Waals surface area contributed by atoms with Gasteiger partial charge in [0.1, 0.15) is 5.82 Å². The van der Waals surface area contributed by atoms with Gasteiger partial charge in [0.2, 0.25) is 5.91 Å². The van der Waals surface area contributed by atoms with Crippen molar-refractivity contribution in [3.05, 3.63) is 30.1 Å². The maximum absolute atomic E-state index is 13.0. The minimum absolute atomic E-state index is 0.00342. The van der Waals surface area contributed by atoms with Gasteiger partial charge in [-0.25, -0.2) is 4.98 Å². The Kier molecular flexibility index (Phi) is 3.56. The number of fused-ring (bicyclic) bond motifs is 1. The number of imidazole rings is 1. The van der Waals surface area contributed by atoms with E-state index in [9.17, 15) is 18.0 Å². The zero-order chi connectivity index (χ0) is 15.9. The van der Waals surface area contributed by atoms with E-state index in [1.54, 1.807) is 4.90 Å². The minimum atomic E-state index is -4.43. The fraction of sp³-hybridized carbons (Fsp3) is 0.429. The molecule has 3 rings (SSSR count). The van der Waals surface area contributed by atoms with Crippen LogP contribution in [-0.4, -0.2) is 40.0 Å². The second-order valence-electron chi connectivity index (χ2n) is 5.55. The Labute approximate surface area is 124 Å². The number of para-hydroxylation sites is 2. The molecule has 8 heteroatoms. The number of H-pyrrole nitrogens is 1. The molecule has 5 nitrogen and oxygen atoms in total. The zero-order valence-electron chi connectivity index (χ0n) is 11.6. The smallest absolute Gasteiger partial charge is 0.369 e. The molecule has 2 atom stereocenters. The summed E-state index contributed by atoms with van der Waals surface area (Å²) in [6, 6.07) is 7.36. The van der Waals surface area contributed by atoms with Gasteiger partial charge in [0.15, 0.2) is 0 Å². The van der Waals surface area contributed by atoms with E-state index in [1.165, 1.54) is 0 Å². The first-order chi connectivity index (χ1) is 10.3. The molecule has 1 aromatic carbocycles. The monoisotopic (exact) mass is 312 g/mol. The van der Waals surface area contributed by atoms with Crippen molar-refractivity contribution in [2.75, 3.05) is 13.1 Å². The predicted molar refractivity (Wildman–Crippen MR) is 73.6 cm³/mol. The Hall–Kier alpha value is -2.09. The van der Waals surface area contributed by atoms with E-state index >= 15 is 0 Å². The van der Waals surface area contributed by atoms with E-state index in [0.717, 1.165) is 11.0 Å². The number of aromatic amines is 1. The van der Waals surface area contributed by atoms with Crippen molar-refractivity contribution in [3.8, 4) is 0 Å². The van der Waals surface area contributed by atoms with Crippen LogP contribution in [0.2, 0.25) is 0 Å². The van der Waals surface area contributed by atoms with Crippen molar-refractivity contribution in [1.82, 2.24) is 14.9 Å². The van der Waals surface area contributed by atoms with Crippen LogP contribution in [0.25, 0.3) is 11.0 Å². The lowest BCUT2D eigenvalue weighted by Crippen LogP contribution is -2.37. The Morgan fingerprint density at radius 3 is 2.68 bits per heavy atom. The molecule has 0 aliphatic carbocycles. The number of hydrogen-bond donors (Lipinski definition) is 2. The third kappa shape index (κ3) is 2.78. The summed E-state index contributed by atoms with van der Waals surface area (Å²) in [4.78, 5) is 20.2. The highest BCUT2D eigenvalue weighted by molar-refractivity contribution is 5.77. The first-order valence-corrected chi connectivity index (χ1v) is 6.86. The maximum atomic E-state index is 13.0. The molecule has 0 unspecified atom stereocenters. The standard InChI is InChI=1S/C14H15F3N4O/c15-14(16,17)9-6-21(5-8(9)13(18)22)7-12-19-10-3-1-2-4-11(10)20-12/h1-4,8-9H,5-7H2,(H2,18,22)(H,19,20)/t8-,9-/m1/s1. The number of carbonyl (C=O) groups is 1. The highest BCUT2D eigenvalue weighted by Crippen LogP contribution is 2.37. The fourth-order valence-corrected chi connectivity index (χ4v) is 2.93. The quantitative estimate of drug-likeness (QED) is 0.905. The molecule has 1 aromatic heterocycles. The van der Waals surface area contributed by atoms with Crippen molar-refractivity contribution < 1.29 is 18.0 Å². The molecule has 0 bridgehead atoms. The number of amides is 1. The van der Waals surface area contributed by atoms with Gasteiger partial charge < -0.3 is 10.7 Å². The molecule has 0 saturated carbocycles. The number of halogens is 3. The molecule has 1 amide bonds. The van der Waals surface area contributed by atoms with Crippen LogP contribution >= 0.6 is 0 Å². The van der Waals surface area contributed by atoms with Crippen LogP contribution in [-0.2, 0) is 11.3 Å². The lowest BCUT2D eigenvalue weighted by Gasteiger charge is -2.18. The second-order valence-corrected chi connectivity index (χ2v) is 5.55. The summed E-state index contributed by atoms with van der Waals surface area (Å²) in [6.07, 6.45) is -4.43. The van der Waals surface area contributed by atoms with Gasteiger partial charge in [-0.3, -0.25) is 9.69 Å². The van der Waals surface area contributed by atoms with Gasteiger partial charge in [0.05, 0.1) is 29.4 Å². The van der Waals surface area contributed by atoms with Crippen LogP contribution in [0.15, 0.2) is 24.3 Å². The Morgan fingerprint density at radius 1 is 1.36 bits per heavy atom. The highest BCUT2D eigenvalue weighted by atomic mass is 19.4. The Morgan fingerprint density at radius 2 is 2.09 bits per heavy atom. The van der Waals surface area contributed by atoms with Gasteiger partial charge in [0.25, 0.3) is 0 Å². The number of aromatic nitrogens is 2. The molecular formula is C14H15F3N4O. The molecule has 1 aliphatic rings. The molecule has 3 N–H and O–H groups in total. The topological polar surface area (TPSA) is 75.0 Å². The largest absolute Gasteiger partial charge is 0.393 e. The average molecular weight is 312 g/mol. The van der Waals surface area contributed by atoms with Crippen LogP contribution in [0.3, 0.4) is 0 Å². The number of alkyl halides is 3. The summed E-state index contributed by atoms with van der Waals surface area (Å²) in [6.45, 7) is -0.0181. The summed E-state index contributed by atoms with van der Waals surface area (Å²) in [5.74, 6) is -3.25. The summed E-state index contributed by atoms with van der Waals surface area (Å²) < 4.78 is 39.0. The molecule has 22 heavy (non-hydrogen) atoms. The van der Waals surface area contributed by atoms with E-state index in [2.05, 4.69) is 9.97 Å². The van der Waals surface area contributed by atoms with Crippen LogP contribution in [0.1, 0.15) is 5.82 Å². The molecular weight excluding hydrogens is 297 g/mol. The van der Waals surface area contributed by atoms with Gasteiger partial charge >= 0.3 is 6.18 Å². The number of nitrogens with two attached hydrogens (primary N) is 1. The van der Waals surface area contributed by atoms with E-state index in [-0.39, 0.29) is 19.6 Å². The zero-order valence-corrected chi connectivity index (χ0v) is 11.6. The van der Waals surface area contributed by atoms with Crippen molar-refractivity contribution >= 4 is 16.9 Å². The maximum Gasteiger partial charge on any atom is 0.393 e. The molecule has 1 aliphatic heterocycles. The fourth-order valence-electron chi connectivity index (χ4n) is 2.93. The van der Waals surface area contributed by atoms with E-state index in [1.807, 2.05) is 24.3 Å². The van der Waals surface area contributed by atoms with Crippen LogP contribution < -0.4 is 5.73 Å². The third-order valence-electron chi connectivity index (χ3n) is 3.99. The summed E-state index contributed by atoms with van der Waals surface area (Å²) in [7, 11) is 0. The molecule has 0 radical (unpaired) electrons. The normalized spacial score (nSPS) is 23.2. The van der Waals surface area contributed by atoms with Gasteiger partial charge in [-0.1, -0.05) is 12.1 Å². The number of primary amides is 1. The van der Waals surface area contributed by atoms with Crippen LogP contribution in [0.5, 0.6) is 0 Å². The summed E-state index contributed by atoms with van der Waals surface area (Å²) in [5.41, 5.74) is 6.70. The summed E-state index contributed by atoms with van der Waals surface area (Å²) in [5, 5.41) is 0. The van der Waals surface area contributed by atoms with Gasteiger partial charge in [0, 0.05) is 13.1 Å². The SMILES string of the molecule is NC(=O)[C@@H]1CN(Cc2nc3ccccc3[nH]2)C[C@H]1C(F)(F)F. The first kappa shape index (κ1) is 14.8. The van der Waals surface area contributed by atoms with E-state index < -0.39 is 23.9 Å². The third-order valence-corrected chi connectivity index (χ3v) is 3.99. The van der Waals surface area contributed by atoms with E-state index in [0.29, 0.717) is 5.82 Å². The van der Waals surface area contributed by atoms with Crippen LogP contribution in [0, 0.1) is 11.8 Å². The van der Waals surface area contributed by atoms with Crippen LogP contribution in [0.4, 0.5) is 13.2 Å². The van der Waals surface area contributed by atoms with Crippen molar-refractivity contribution in [1.29, 1.82) is 0 Å². The lowest BCUT2D eigenvalue weighted by atomic mass is 9.95. The van der Waals surface area contributed by atoms with Crippen molar-refractivity contribution in [2.45, 2.75) is 12.7 Å². The highest BCUT2D eigenvalue weighted by Gasteiger charge is 2.51. The molecule has 1 saturated heterocycles. The second kappa shape index (κ2) is 5.28. The minimum Gasteiger partial charge on any atom is -0.369 e. The average Bonchev–Trinajstić information content (AvgIpc) is 3.01. The predicted octanol–water partition coefficient (Wildman–Crippen LogP) is 1.66. The molecule has 2 heterocycles. The summed E-state index contributed by atoms with van der Waals surface area (Å²) >= 11 is 0. The lowest BCUT2D eigenvalue weighted by molar-refractivity contribution is -0.182. The molecule has 2 aromatic rings. The number of rotatable bonds is 3. The molecule has 0 spiro atoms.